The van der Waals surface area contributed by atoms with Gasteiger partial charge in [0.2, 0.25) is 0 Å². The zero-order valence-corrected chi connectivity index (χ0v) is 31.2. The van der Waals surface area contributed by atoms with E-state index in [0.717, 1.165) is 16.6 Å². The number of benzene rings is 10. The van der Waals surface area contributed by atoms with Crippen molar-refractivity contribution >= 4 is 65.0 Å². The van der Waals surface area contributed by atoms with E-state index in [1.807, 2.05) is 0 Å². The van der Waals surface area contributed by atoms with Crippen LogP contribution in [0.2, 0.25) is 0 Å². The average molecular weight is 713 g/mol. The summed E-state index contributed by atoms with van der Waals surface area (Å²) in [7, 11) is 0. The molecule has 1 heteroatoms. The van der Waals surface area contributed by atoms with Gasteiger partial charge in [-0.1, -0.05) is 178 Å². The van der Waals surface area contributed by atoms with E-state index < -0.39 is 0 Å². The Labute approximate surface area is 325 Å². The Balaban J connectivity index is 1.07. The summed E-state index contributed by atoms with van der Waals surface area (Å²) in [5.41, 5.74) is 14.6. The van der Waals surface area contributed by atoms with Crippen molar-refractivity contribution in [2.75, 3.05) is 0 Å². The fourth-order valence-electron chi connectivity index (χ4n) is 10.2. The quantitative estimate of drug-likeness (QED) is 0.166. The molecule has 0 amide bonds. The number of fused-ring (bicyclic) bond motifs is 12. The van der Waals surface area contributed by atoms with Gasteiger partial charge >= 0.3 is 0 Å². The lowest BCUT2D eigenvalue weighted by molar-refractivity contribution is 0.658. The second kappa shape index (κ2) is 11.5. The first-order chi connectivity index (χ1) is 27.6. The van der Waals surface area contributed by atoms with Crippen LogP contribution in [0.15, 0.2) is 186 Å². The second-order valence-electron chi connectivity index (χ2n) is 15.9. The van der Waals surface area contributed by atoms with E-state index in [1.165, 1.54) is 104 Å². The van der Waals surface area contributed by atoms with Crippen LogP contribution in [0.25, 0.3) is 110 Å². The largest absolute Gasteiger partial charge is 0.455 e. The third kappa shape index (κ3) is 4.26. The first-order valence-corrected chi connectivity index (χ1v) is 19.6. The van der Waals surface area contributed by atoms with Crippen molar-refractivity contribution in [1.82, 2.24) is 0 Å². The highest BCUT2D eigenvalue weighted by Crippen LogP contribution is 2.55. The molecule has 0 bridgehead atoms. The summed E-state index contributed by atoms with van der Waals surface area (Å²) >= 11 is 0. The molecule has 0 N–H and O–H groups in total. The lowest BCUT2D eigenvalue weighted by Gasteiger charge is -2.22. The Morgan fingerprint density at radius 2 is 0.946 bits per heavy atom. The van der Waals surface area contributed by atoms with Crippen molar-refractivity contribution in [1.29, 1.82) is 0 Å². The minimum atomic E-state index is -0.189. The maximum atomic E-state index is 6.65. The van der Waals surface area contributed by atoms with Gasteiger partial charge in [-0.2, -0.15) is 0 Å². The second-order valence-corrected chi connectivity index (χ2v) is 15.9. The summed E-state index contributed by atoms with van der Waals surface area (Å²) in [4.78, 5) is 0. The van der Waals surface area contributed by atoms with Gasteiger partial charge in [-0.15, -0.1) is 0 Å². The van der Waals surface area contributed by atoms with E-state index in [1.54, 1.807) is 0 Å². The number of rotatable bonds is 3. The third-order valence-corrected chi connectivity index (χ3v) is 12.6. The first kappa shape index (κ1) is 31.4. The minimum Gasteiger partial charge on any atom is -0.455 e. The van der Waals surface area contributed by atoms with E-state index in [2.05, 4.69) is 196 Å². The van der Waals surface area contributed by atoms with Gasteiger partial charge < -0.3 is 4.42 Å². The van der Waals surface area contributed by atoms with Gasteiger partial charge in [-0.05, 0) is 112 Å². The maximum Gasteiger partial charge on any atom is 0.143 e. The van der Waals surface area contributed by atoms with Crippen LogP contribution in [0.3, 0.4) is 0 Å². The first-order valence-electron chi connectivity index (χ1n) is 19.6. The minimum absolute atomic E-state index is 0.189. The van der Waals surface area contributed by atoms with Crippen LogP contribution in [0.4, 0.5) is 0 Å². The normalized spacial score (nSPS) is 13.3. The molecule has 10 aromatic carbocycles. The van der Waals surface area contributed by atoms with Gasteiger partial charge in [0.25, 0.3) is 0 Å². The van der Waals surface area contributed by atoms with E-state index in [-0.39, 0.29) is 5.41 Å². The van der Waals surface area contributed by atoms with Gasteiger partial charge in [0.15, 0.2) is 0 Å². The van der Waals surface area contributed by atoms with Crippen LogP contribution in [0.1, 0.15) is 25.0 Å². The molecule has 12 rings (SSSR count). The SMILES string of the molecule is CC1(C)c2ccc(-c3ccc(-c4c5ccccc5c(-c5ccccc5)c5ccccc45)c4ccccc34)cc2-c2ccc3oc4c5ccccc5ccc4c3c21. The Bertz CT molecular complexity index is 3380. The zero-order chi connectivity index (χ0) is 37.1. The zero-order valence-electron chi connectivity index (χ0n) is 31.2. The van der Waals surface area contributed by atoms with Crippen LogP contribution in [0.5, 0.6) is 0 Å². The highest BCUT2D eigenvalue weighted by atomic mass is 16.3. The summed E-state index contributed by atoms with van der Waals surface area (Å²) < 4.78 is 6.65. The van der Waals surface area contributed by atoms with Crippen LogP contribution in [0, 0.1) is 0 Å². The van der Waals surface area contributed by atoms with Crippen LogP contribution in [-0.2, 0) is 5.41 Å². The van der Waals surface area contributed by atoms with Crippen LogP contribution < -0.4 is 0 Å². The monoisotopic (exact) mass is 712 g/mol. The Kier molecular flexibility index (Phi) is 6.46. The predicted molar refractivity (Wildman–Crippen MR) is 238 cm³/mol. The van der Waals surface area contributed by atoms with E-state index in [0.29, 0.717) is 0 Å². The highest BCUT2D eigenvalue weighted by molar-refractivity contribution is 6.24. The van der Waals surface area contributed by atoms with Crippen LogP contribution >= 0.6 is 0 Å². The molecule has 0 unspecified atom stereocenters. The molecule has 0 atom stereocenters. The highest BCUT2D eigenvalue weighted by Gasteiger charge is 2.38. The summed E-state index contributed by atoms with van der Waals surface area (Å²) in [5.74, 6) is 0. The molecule has 1 aromatic heterocycles. The summed E-state index contributed by atoms with van der Waals surface area (Å²) in [6.45, 7) is 4.75. The fraction of sp³-hybridized carbons (Fsp3) is 0.0545. The van der Waals surface area contributed by atoms with Crippen molar-refractivity contribution in [2.24, 2.45) is 0 Å². The smallest absolute Gasteiger partial charge is 0.143 e. The molecule has 1 aliphatic rings. The molecular weight excluding hydrogens is 677 g/mol. The summed E-state index contributed by atoms with van der Waals surface area (Å²) in [6.07, 6.45) is 0. The van der Waals surface area contributed by atoms with Gasteiger partial charge in [-0.3, -0.25) is 0 Å². The molecule has 11 aromatic rings. The van der Waals surface area contributed by atoms with Crippen molar-refractivity contribution < 1.29 is 4.42 Å². The Morgan fingerprint density at radius 1 is 0.375 bits per heavy atom. The van der Waals surface area contributed by atoms with Crippen molar-refractivity contribution in [2.45, 2.75) is 19.3 Å². The van der Waals surface area contributed by atoms with Gasteiger partial charge in [-0.25, -0.2) is 0 Å². The molecule has 0 aliphatic heterocycles. The Morgan fingerprint density at radius 3 is 1.66 bits per heavy atom. The molecule has 262 valence electrons. The molecule has 1 aliphatic carbocycles. The molecular formula is C55H36O. The summed E-state index contributed by atoms with van der Waals surface area (Å²) in [5, 5.41) is 12.4. The predicted octanol–water partition coefficient (Wildman–Crippen LogP) is 15.5. The van der Waals surface area contributed by atoms with Gasteiger partial charge in [0.1, 0.15) is 11.2 Å². The van der Waals surface area contributed by atoms with Crippen molar-refractivity contribution in [3.63, 3.8) is 0 Å². The summed E-state index contributed by atoms with van der Waals surface area (Å²) in [6, 6.07) is 67.0. The standard InChI is InChI=1S/C55H36O/c1-55(2)48-30-25-35(32-47(48)45-29-31-49-52(53(45)55)46-26-24-33-14-6-7-17-37(33)54(46)56-49)36-27-28-44(39-19-9-8-18-38(36)39)51-42-22-12-10-20-40(42)50(34-15-4-3-5-16-34)41-21-11-13-23-43(41)51/h3-32H,1-2H3. The Hall–Kier alpha value is -6.96. The molecule has 1 nitrogen and oxygen atoms in total. The molecule has 0 fully saturated rings. The number of hydrogen-bond acceptors (Lipinski definition) is 1. The molecule has 0 saturated carbocycles. The molecule has 0 spiro atoms. The topological polar surface area (TPSA) is 13.1 Å². The van der Waals surface area contributed by atoms with E-state index in [4.69, 9.17) is 4.42 Å². The lowest BCUT2D eigenvalue weighted by atomic mass is 9.80. The number of furan rings is 1. The average Bonchev–Trinajstić information content (AvgIpc) is 3.74. The number of hydrogen-bond donors (Lipinski definition) is 0. The van der Waals surface area contributed by atoms with Crippen molar-refractivity contribution in [3.8, 4) is 44.5 Å². The van der Waals surface area contributed by atoms with Crippen LogP contribution in [-0.4, -0.2) is 0 Å². The lowest BCUT2D eigenvalue weighted by Crippen LogP contribution is -2.15. The van der Waals surface area contributed by atoms with Gasteiger partial charge in [0, 0.05) is 21.6 Å². The molecule has 0 radical (unpaired) electrons. The molecule has 1 heterocycles. The fourth-order valence-corrected chi connectivity index (χ4v) is 10.2. The third-order valence-electron chi connectivity index (χ3n) is 12.6. The molecule has 56 heavy (non-hydrogen) atoms. The maximum absolute atomic E-state index is 6.65. The van der Waals surface area contributed by atoms with E-state index >= 15 is 0 Å². The van der Waals surface area contributed by atoms with Gasteiger partial charge in [0.05, 0.1) is 0 Å². The van der Waals surface area contributed by atoms with Crippen molar-refractivity contribution in [3.05, 3.63) is 193 Å². The van der Waals surface area contributed by atoms with E-state index in [9.17, 15) is 0 Å². The molecule has 0 saturated heterocycles.